The molecule has 0 bridgehead atoms. The van der Waals surface area contributed by atoms with Gasteiger partial charge >= 0.3 is 0 Å². The minimum atomic E-state index is -2.51. The first kappa shape index (κ1) is 22.5. The maximum Gasteiger partial charge on any atom is 0.261 e. The predicted octanol–water partition coefficient (Wildman–Crippen LogP) is 6.55. The average molecular weight is 532 g/mol. The Kier molecular flexibility index (Phi) is 7.55. The second kappa shape index (κ2) is 9.74. The van der Waals surface area contributed by atoms with Crippen LogP contribution >= 0.6 is 31.9 Å². The summed E-state index contributed by atoms with van der Waals surface area (Å²) in [7, 11) is -2.51. The fourth-order valence-corrected chi connectivity index (χ4v) is 9.22. The second-order valence-electron chi connectivity index (χ2n) is 8.38. The Bertz CT molecular complexity index is 859. The number of hydrogen-bond acceptors (Lipinski definition) is 1. The Morgan fingerprint density at radius 2 is 1.10 bits per heavy atom. The Morgan fingerprint density at radius 1 is 0.690 bits per heavy atom. The van der Waals surface area contributed by atoms with Crippen molar-refractivity contribution in [3.05, 3.63) is 95.6 Å². The summed E-state index contributed by atoms with van der Waals surface area (Å²) >= 11 is 7.21. The van der Waals surface area contributed by atoms with Crippen molar-refractivity contribution in [2.75, 3.05) is 0 Å². The van der Waals surface area contributed by atoms with Crippen LogP contribution in [0.25, 0.3) is 0 Å². The topological polar surface area (TPSA) is 9.23 Å². The molecule has 0 aromatic heterocycles. The van der Waals surface area contributed by atoms with Crippen molar-refractivity contribution in [2.45, 2.75) is 43.1 Å². The molecular formula is C25H28Br2OSi. The van der Waals surface area contributed by atoms with Crippen molar-refractivity contribution in [2.24, 2.45) is 0 Å². The van der Waals surface area contributed by atoms with Crippen LogP contribution in [0.2, 0.25) is 5.04 Å². The number of halogens is 2. The van der Waals surface area contributed by atoms with E-state index in [9.17, 15) is 0 Å². The molecule has 0 unspecified atom stereocenters. The van der Waals surface area contributed by atoms with E-state index in [-0.39, 0.29) is 5.04 Å². The lowest BCUT2D eigenvalue weighted by Crippen LogP contribution is -2.66. The van der Waals surface area contributed by atoms with Gasteiger partial charge in [-0.05, 0) is 32.1 Å². The van der Waals surface area contributed by atoms with E-state index in [0.29, 0.717) is 6.61 Å². The van der Waals surface area contributed by atoms with Gasteiger partial charge in [-0.25, -0.2) is 0 Å². The van der Waals surface area contributed by atoms with Crippen LogP contribution in [-0.4, -0.2) is 8.32 Å². The van der Waals surface area contributed by atoms with Crippen molar-refractivity contribution in [1.82, 2.24) is 0 Å². The Balaban J connectivity index is 2.09. The summed E-state index contributed by atoms with van der Waals surface area (Å²) in [4.78, 5) is 0. The van der Waals surface area contributed by atoms with Crippen LogP contribution in [0.15, 0.2) is 78.9 Å². The SMILES string of the molecule is CC(C)(C)[Si](OCc1cc(CBr)cc(CBr)c1)(c1ccccc1)c1ccccc1. The molecule has 4 heteroatoms. The first-order chi connectivity index (χ1) is 13.9. The summed E-state index contributed by atoms with van der Waals surface area (Å²) in [6.45, 7) is 7.56. The van der Waals surface area contributed by atoms with E-state index >= 15 is 0 Å². The molecule has 0 atom stereocenters. The highest BCUT2D eigenvalue weighted by atomic mass is 79.9. The second-order valence-corrected chi connectivity index (χ2v) is 13.8. The van der Waals surface area contributed by atoms with E-state index in [4.69, 9.17) is 4.43 Å². The van der Waals surface area contributed by atoms with Crippen LogP contribution in [0.3, 0.4) is 0 Å². The third-order valence-electron chi connectivity index (χ3n) is 5.29. The summed E-state index contributed by atoms with van der Waals surface area (Å²) in [5, 5.41) is 4.31. The van der Waals surface area contributed by atoms with E-state index in [2.05, 4.69) is 131 Å². The van der Waals surface area contributed by atoms with Gasteiger partial charge in [0.2, 0.25) is 0 Å². The maximum absolute atomic E-state index is 7.06. The van der Waals surface area contributed by atoms with Crippen LogP contribution in [0.1, 0.15) is 37.5 Å². The first-order valence-corrected chi connectivity index (χ1v) is 14.0. The third kappa shape index (κ3) is 4.93. The zero-order valence-electron chi connectivity index (χ0n) is 17.3. The molecule has 0 fully saturated rings. The standard InChI is InChI=1S/C25H28Br2OSi/c1-25(2,3)29(23-10-6-4-7-11-23,24-12-8-5-9-13-24)28-19-22-15-20(17-26)14-21(16-22)18-27/h4-16H,17-19H2,1-3H3. The Hall–Kier alpha value is -1.20. The van der Waals surface area contributed by atoms with E-state index in [1.54, 1.807) is 0 Å². The molecule has 3 aromatic carbocycles. The number of rotatable bonds is 7. The third-order valence-corrected chi connectivity index (χ3v) is 11.6. The van der Waals surface area contributed by atoms with Crippen LogP contribution in [0.4, 0.5) is 0 Å². The van der Waals surface area contributed by atoms with Gasteiger partial charge in [-0.15, -0.1) is 0 Å². The van der Waals surface area contributed by atoms with E-state index in [0.717, 1.165) is 10.7 Å². The van der Waals surface area contributed by atoms with Crippen molar-refractivity contribution >= 4 is 50.6 Å². The smallest absolute Gasteiger partial charge is 0.261 e. The number of hydrogen-bond donors (Lipinski definition) is 0. The van der Waals surface area contributed by atoms with Gasteiger partial charge in [0.15, 0.2) is 0 Å². The highest BCUT2D eigenvalue weighted by molar-refractivity contribution is 9.08. The summed E-state index contributed by atoms with van der Waals surface area (Å²) in [6.07, 6.45) is 0. The van der Waals surface area contributed by atoms with E-state index in [1.165, 1.54) is 27.1 Å². The molecule has 0 radical (unpaired) electrons. The Labute approximate surface area is 192 Å². The zero-order chi connectivity index (χ0) is 20.9. The molecule has 0 amide bonds. The van der Waals surface area contributed by atoms with Crippen LogP contribution in [0.5, 0.6) is 0 Å². The van der Waals surface area contributed by atoms with Gasteiger partial charge in [0.05, 0.1) is 6.61 Å². The molecule has 0 heterocycles. The van der Waals surface area contributed by atoms with Crippen LogP contribution < -0.4 is 10.4 Å². The quantitative estimate of drug-likeness (QED) is 0.248. The van der Waals surface area contributed by atoms with E-state index < -0.39 is 8.32 Å². The summed E-state index contributed by atoms with van der Waals surface area (Å²) in [6, 6.07) is 28.4. The van der Waals surface area contributed by atoms with Crippen molar-refractivity contribution in [1.29, 1.82) is 0 Å². The molecule has 3 aromatic rings. The molecule has 29 heavy (non-hydrogen) atoms. The molecule has 3 rings (SSSR count). The number of benzene rings is 3. The Morgan fingerprint density at radius 3 is 1.48 bits per heavy atom. The largest absolute Gasteiger partial charge is 0.403 e. The molecule has 0 saturated carbocycles. The summed E-state index contributed by atoms with van der Waals surface area (Å²) in [5.74, 6) is 0. The maximum atomic E-state index is 7.06. The van der Waals surface area contributed by atoms with Gasteiger partial charge in [-0.2, -0.15) is 0 Å². The molecule has 152 valence electrons. The molecule has 0 aliphatic rings. The van der Waals surface area contributed by atoms with Gasteiger partial charge in [0, 0.05) is 10.7 Å². The lowest BCUT2D eigenvalue weighted by atomic mass is 10.1. The van der Waals surface area contributed by atoms with Gasteiger partial charge in [0.1, 0.15) is 0 Å². The normalized spacial score (nSPS) is 12.2. The van der Waals surface area contributed by atoms with Gasteiger partial charge in [-0.3, -0.25) is 0 Å². The molecular weight excluding hydrogens is 504 g/mol. The van der Waals surface area contributed by atoms with Gasteiger partial charge in [0.25, 0.3) is 8.32 Å². The molecule has 0 saturated heterocycles. The molecule has 0 aliphatic carbocycles. The highest BCUT2D eigenvalue weighted by Crippen LogP contribution is 2.37. The molecule has 0 aliphatic heterocycles. The fraction of sp³-hybridized carbons (Fsp3) is 0.280. The monoisotopic (exact) mass is 530 g/mol. The minimum absolute atomic E-state index is 0.0129. The average Bonchev–Trinajstić information content (AvgIpc) is 2.74. The van der Waals surface area contributed by atoms with Crippen LogP contribution in [0, 0.1) is 0 Å². The summed E-state index contributed by atoms with van der Waals surface area (Å²) in [5.41, 5.74) is 3.79. The predicted molar refractivity (Wildman–Crippen MR) is 134 cm³/mol. The van der Waals surface area contributed by atoms with Crippen molar-refractivity contribution < 1.29 is 4.43 Å². The number of alkyl halides is 2. The summed E-state index contributed by atoms with van der Waals surface area (Å²) < 4.78 is 7.06. The van der Waals surface area contributed by atoms with Gasteiger partial charge in [-0.1, -0.05) is 131 Å². The first-order valence-electron chi connectivity index (χ1n) is 9.89. The molecule has 1 nitrogen and oxygen atoms in total. The zero-order valence-corrected chi connectivity index (χ0v) is 21.5. The lowest BCUT2D eigenvalue weighted by Gasteiger charge is -2.43. The lowest BCUT2D eigenvalue weighted by molar-refractivity contribution is 0.286. The minimum Gasteiger partial charge on any atom is -0.403 e. The highest BCUT2D eigenvalue weighted by Gasteiger charge is 2.50. The van der Waals surface area contributed by atoms with Crippen molar-refractivity contribution in [3.63, 3.8) is 0 Å². The molecule has 0 N–H and O–H groups in total. The fourth-order valence-electron chi connectivity index (χ4n) is 4.03. The van der Waals surface area contributed by atoms with Crippen LogP contribution in [-0.2, 0) is 21.7 Å². The van der Waals surface area contributed by atoms with Crippen molar-refractivity contribution in [3.8, 4) is 0 Å². The van der Waals surface area contributed by atoms with E-state index in [1.807, 2.05) is 0 Å². The molecule has 0 spiro atoms. The van der Waals surface area contributed by atoms with Gasteiger partial charge < -0.3 is 4.43 Å².